The van der Waals surface area contributed by atoms with E-state index >= 15 is 0 Å². The largest absolute Gasteiger partial charge is 0.507 e. The fourth-order valence-electron chi connectivity index (χ4n) is 8.26. The van der Waals surface area contributed by atoms with Crippen molar-refractivity contribution in [2.45, 2.75) is 115 Å². The number of allylic oxidation sites excluding steroid dienone is 2. The molecule has 66 heavy (non-hydrogen) atoms. The summed E-state index contributed by atoms with van der Waals surface area (Å²) in [5.74, 6) is -12.0. The number of aliphatic hydroxyl groups excluding tert-OH is 5. The van der Waals surface area contributed by atoms with Gasteiger partial charge in [0, 0.05) is 73.4 Å². The van der Waals surface area contributed by atoms with E-state index in [0.717, 1.165) is 18.0 Å². The average Bonchev–Trinajstić information content (AvgIpc) is 3.69. The van der Waals surface area contributed by atoms with Crippen LogP contribution in [0.4, 0.5) is 5.69 Å². The van der Waals surface area contributed by atoms with Crippen molar-refractivity contribution in [2.24, 2.45) is 23.7 Å². The van der Waals surface area contributed by atoms with Crippen molar-refractivity contribution in [3.8, 4) is 23.0 Å². The highest BCUT2D eigenvalue weighted by atomic mass is 32.2. The molecule has 0 radical (unpaired) electrons. The van der Waals surface area contributed by atoms with E-state index in [2.05, 4.69) is 10.6 Å². The second-order valence-corrected chi connectivity index (χ2v) is 18.1. The summed E-state index contributed by atoms with van der Waals surface area (Å²) in [5, 5.41) is 92.8. The first kappa shape index (κ1) is 51.6. The molecule has 0 unspecified atom stereocenters. The fraction of sp³-hybridized carbons (Fsp3) is 0.533. The monoisotopic (exact) mass is 946 g/mol. The number of benzene rings is 2. The third-order valence-corrected chi connectivity index (χ3v) is 13.4. The first-order valence-corrected chi connectivity index (χ1v) is 22.1. The number of ketones is 1. The van der Waals surface area contributed by atoms with Crippen molar-refractivity contribution < 1.29 is 88.5 Å². The molecule has 2 aromatic rings. The molecule has 21 heteroatoms. The Morgan fingerprint density at radius 1 is 0.924 bits per heavy atom. The number of phenolic OH excluding ortho intramolecular Hbond substituents is 3. The Labute approximate surface area is 384 Å². The number of Topliss-reactive ketones (excluding diaryl/α,β-unsaturated/α-hetero) is 1. The Hall–Kier alpha value is -5.42. The molecule has 5 bridgehead atoms. The molecular formula is C45H58N2O18S. The molecule has 362 valence electrons. The average molecular weight is 947 g/mol. The van der Waals surface area contributed by atoms with Gasteiger partial charge in [0.2, 0.25) is 0 Å². The van der Waals surface area contributed by atoms with E-state index < -0.39 is 136 Å². The number of phenols is 3. The number of cyclic esters (lactones) is 1. The highest BCUT2D eigenvalue weighted by Gasteiger charge is 2.51. The van der Waals surface area contributed by atoms with Gasteiger partial charge >= 0.3 is 17.7 Å². The Morgan fingerprint density at radius 3 is 2.20 bits per heavy atom. The number of ether oxygens (including phenoxy) is 5. The molecule has 4 heterocycles. The van der Waals surface area contributed by atoms with Crippen molar-refractivity contribution in [3.63, 3.8) is 0 Å². The lowest BCUT2D eigenvalue weighted by Crippen LogP contribution is -2.48. The number of aliphatic hydroxyl groups is 5. The summed E-state index contributed by atoms with van der Waals surface area (Å²) in [7, 11) is 1.39. The molecule has 0 saturated carbocycles. The topological polar surface area (TPSA) is 317 Å². The van der Waals surface area contributed by atoms with Crippen LogP contribution in [-0.2, 0) is 38.1 Å². The summed E-state index contributed by atoms with van der Waals surface area (Å²) in [5.41, 5.74) is -0.690. The van der Waals surface area contributed by atoms with Crippen LogP contribution < -0.4 is 15.4 Å². The maximum Gasteiger partial charge on any atom is 0.338 e. The lowest BCUT2D eigenvalue weighted by Gasteiger charge is -2.38. The second kappa shape index (κ2) is 20.6. The van der Waals surface area contributed by atoms with Crippen molar-refractivity contribution in [3.05, 3.63) is 47.3 Å². The minimum atomic E-state index is -2.15. The Morgan fingerprint density at radius 2 is 1.59 bits per heavy atom. The zero-order valence-electron chi connectivity index (χ0n) is 37.8. The SMILES string of the molecule is CO[C@H]1/C=C/O[C@@]2(C)Oc3c(C)c(O)c4c(O)c(c(SCCNC(=O)[C@@H](O)[C@H]5OC(=O)[C@H](O)[C@H]5O)c(O)c4c3C2=O)NC(=O)/C(C)=C\C=C\[C@H](C)[C@H](O)[C@@H](C)[C@@H](O)[C@@H](C)[C@H](OC(C)=O)[C@@H]1C. The maximum absolute atomic E-state index is 14.5. The number of hydrogen-bond donors (Lipinski definition) is 10. The van der Waals surface area contributed by atoms with Gasteiger partial charge in [0.05, 0.1) is 40.4 Å². The highest BCUT2D eigenvalue weighted by molar-refractivity contribution is 7.99. The van der Waals surface area contributed by atoms with Crippen LogP contribution in [0.1, 0.15) is 64.4 Å². The molecule has 0 aliphatic carbocycles. The van der Waals surface area contributed by atoms with Gasteiger partial charge in [-0.05, 0) is 19.9 Å². The van der Waals surface area contributed by atoms with E-state index in [1.165, 1.54) is 53.0 Å². The number of fused-ring (bicyclic) bond motifs is 14. The van der Waals surface area contributed by atoms with E-state index in [-0.39, 0.29) is 45.0 Å². The molecular weight excluding hydrogens is 889 g/mol. The molecule has 4 aliphatic heterocycles. The third kappa shape index (κ3) is 9.97. The number of carbonyl (C=O) groups is 5. The number of thioether (sulfide) groups is 1. The lowest BCUT2D eigenvalue weighted by molar-refractivity contribution is -0.160. The zero-order chi connectivity index (χ0) is 49.3. The predicted molar refractivity (Wildman–Crippen MR) is 235 cm³/mol. The number of nitrogens with one attached hydrogen (secondary N) is 2. The Balaban J connectivity index is 1.61. The molecule has 10 N–H and O–H groups in total. The molecule has 2 amide bonds. The fourth-order valence-corrected chi connectivity index (χ4v) is 9.20. The van der Waals surface area contributed by atoms with Crippen LogP contribution in [0.25, 0.3) is 10.8 Å². The van der Waals surface area contributed by atoms with E-state index in [0.29, 0.717) is 0 Å². The van der Waals surface area contributed by atoms with E-state index in [1.807, 2.05) is 0 Å². The van der Waals surface area contributed by atoms with E-state index in [9.17, 15) is 64.8 Å². The molecule has 2 aromatic carbocycles. The van der Waals surface area contributed by atoms with Gasteiger partial charge in [-0.15, -0.1) is 11.8 Å². The van der Waals surface area contributed by atoms with Crippen LogP contribution in [0.2, 0.25) is 0 Å². The van der Waals surface area contributed by atoms with Crippen molar-refractivity contribution in [2.75, 3.05) is 24.7 Å². The second-order valence-electron chi connectivity index (χ2n) is 17.0. The normalized spacial score (nSPS) is 33.0. The van der Waals surface area contributed by atoms with Gasteiger partial charge in [0.1, 0.15) is 35.1 Å². The summed E-state index contributed by atoms with van der Waals surface area (Å²) in [4.78, 5) is 64.8. The summed E-state index contributed by atoms with van der Waals surface area (Å²) >= 11 is 0.763. The number of rotatable bonds is 8. The molecule has 6 rings (SSSR count). The summed E-state index contributed by atoms with van der Waals surface area (Å²) in [6, 6.07) is 0. The summed E-state index contributed by atoms with van der Waals surface area (Å²) in [6.07, 6.45) is -4.76. The smallest absolute Gasteiger partial charge is 0.338 e. The van der Waals surface area contributed by atoms with Crippen molar-refractivity contribution in [1.29, 1.82) is 0 Å². The summed E-state index contributed by atoms with van der Waals surface area (Å²) < 4.78 is 28.2. The standard InChI is InChI=1S/C45H58N2O18S/c1-17-11-10-12-18(2)42(58)47-28-32(52)26-25(33(53)40(28)66-16-14-46-43(59)36(56)39-34(54)35(55)44(60)64-39)27-38(22(6)31(26)51)65-45(8,41(27)57)62-15-13-24(61-9)19(3)37(63-23(7)48)21(5)30(50)20(4)29(17)49/h10-13,15,17,19-21,24,29-30,34-37,39,49-56H,14,16H2,1-9H3,(H,46,59)(H,47,58)/b11-10+,15-13+,18-12-/t17-,19+,20+,21+,24-,29-,30+,34+,35+,36-,37+,39-,45-/m0/s1. The highest BCUT2D eigenvalue weighted by Crippen LogP contribution is 2.57. The van der Waals surface area contributed by atoms with Gasteiger partial charge in [-0.25, -0.2) is 4.79 Å². The van der Waals surface area contributed by atoms with E-state index in [1.54, 1.807) is 33.8 Å². The van der Waals surface area contributed by atoms with Gasteiger partial charge in [-0.2, -0.15) is 0 Å². The van der Waals surface area contributed by atoms with Gasteiger partial charge in [-0.3, -0.25) is 19.2 Å². The molecule has 13 atom stereocenters. The van der Waals surface area contributed by atoms with Gasteiger partial charge in [0.25, 0.3) is 17.6 Å². The number of amides is 2. The molecule has 1 fully saturated rings. The number of methoxy groups -OCH3 is 1. The minimum Gasteiger partial charge on any atom is -0.507 e. The minimum absolute atomic E-state index is 0.0428. The van der Waals surface area contributed by atoms with Crippen LogP contribution >= 0.6 is 11.8 Å². The van der Waals surface area contributed by atoms with Crippen molar-refractivity contribution in [1.82, 2.24) is 5.32 Å². The Bertz CT molecular complexity index is 2330. The van der Waals surface area contributed by atoms with Gasteiger partial charge in [-0.1, -0.05) is 45.9 Å². The first-order chi connectivity index (χ1) is 30.9. The molecule has 4 aliphatic rings. The van der Waals surface area contributed by atoms with Crippen LogP contribution in [0.3, 0.4) is 0 Å². The number of hydrogen-bond acceptors (Lipinski definition) is 19. The quantitative estimate of drug-likeness (QED) is 0.0595. The van der Waals surface area contributed by atoms with Crippen LogP contribution in [0.15, 0.2) is 41.0 Å². The number of esters is 2. The van der Waals surface area contributed by atoms with Gasteiger partial charge < -0.3 is 75.2 Å². The molecule has 20 nitrogen and oxygen atoms in total. The summed E-state index contributed by atoms with van der Waals surface area (Å²) in [6.45, 7) is 11.8. The molecule has 1 saturated heterocycles. The Kier molecular flexibility index (Phi) is 16.1. The van der Waals surface area contributed by atoms with Crippen molar-refractivity contribution >= 4 is 57.8 Å². The molecule has 0 aromatic heterocycles. The van der Waals surface area contributed by atoms with Crippen LogP contribution in [-0.4, -0.2) is 144 Å². The number of anilines is 1. The third-order valence-electron chi connectivity index (χ3n) is 12.3. The first-order valence-electron chi connectivity index (χ1n) is 21.1. The lowest BCUT2D eigenvalue weighted by atomic mass is 9.78. The van der Waals surface area contributed by atoms with Crippen LogP contribution in [0.5, 0.6) is 23.0 Å². The predicted octanol–water partition coefficient (Wildman–Crippen LogP) is 1.97. The maximum atomic E-state index is 14.5. The number of aromatic hydroxyl groups is 3. The van der Waals surface area contributed by atoms with E-state index in [4.69, 9.17) is 23.7 Å². The number of carbonyl (C=O) groups excluding carboxylic acids is 5. The van der Waals surface area contributed by atoms with Gasteiger partial charge in [0.15, 0.2) is 24.1 Å². The zero-order valence-corrected chi connectivity index (χ0v) is 38.6. The molecule has 0 spiro atoms. The van der Waals surface area contributed by atoms with Crippen LogP contribution in [0, 0.1) is 30.6 Å².